The van der Waals surface area contributed by atoms with E-state index in [0.29, 0.717) is 5.69 Å². The second-order valence-electron chi connectivity index (χ2n) is 5.04. The van der Waals surface area contributed by atoms with Crippen LogP contribution in [0.15, 0.2) is 75.5 Å². The number of nitrogens with zero attached hydrogens (tertiary/aromatic N) is 2. The van der Waals surface area contributed by atoms with Gasteiger partial charge in [0.1, 0.15) is 4.21 Å². The number of pyridine rings is 1. The van der Waals surface area contributed by atoms with Gasteiger partial charge in [0.05, 0.1) is 23.2 Å². The fourth-order valence-electron chi connectivity index (χ4n) is 2.05. The molecule has 9 heteroatoms. The maximum absolute atomic E-state index is 12.4. The molecule has 1 amide bonds. The minimum Gasteiger partial charge on any atom is -0.278 e. The molecule has 2 aromatic heterocycles. The zero-order valence-corrected chi connectivity index (χ0v) is 15.0. The Hall–Kier alpha value is -3.04. The van der Waals surface area contributed by atoms with E-state index in [-0.39, 0.29) is 15.5 Å². The number of carbonyl (C=O) groups excluding carboxylic acids is 1. The molecule has 0 aliphatic heterocycles. The van der Waals surface area contributed by atoms with Crippen molar-refractivity contribution in [3.63, 3.8) is 0 Å². The molecule has 0 aliphatic rings. The maximum atomic E-state index is 12.4. The number of rotatable bonds is 6. The number of para-hydroxylation sites is 1. The molecule has 3 aromatic rings. The molecule has 2 heterocycles. The van der Waals surface area contributed by atoms with Crippen molar-refractivity contribution in [2.75, 3.05) is 4.72 Å². The van der Waals surface area contributed by atoms with Crippen molar-refractivity contribution < 1.29 is 13.2 Å². The average Bonchev–Trinajstić information content (AvgIpc) is 3.18. The minimum atomic E-state index is -3.75. The summed E-state index contributed by atoms with van der Waals surface area (Å²) < 4.78 is 27.3. The zero-order chi connectivity index (χ0) is 18.4. The fourth-order valence-corrected chi connectivity index (χ4v) is 4.12. The van der Waals surface area contributed by atoms with Gasteiger partial charge in [-0.3, -0.25) is 14.5 Å². The van der Waals surface area contributed by atoms with E-state index in [2.05, 4.69) is 20.2 Å². The van der Waals surface area contributed by atoms with Crippen molar-refractivity contribution in [2.45, 2.75) is 4.21 Å². The average molecular weight is 386 g/mol. The lowest BCUT2D eigenvalue weighted by molar-refractivity contribution is 0.0956. The third-order valence-electron chi connectivity index (χ3n) is 3.23. The molecule has 0 spiro atoms. The van der Waals surface area contributed by atoms with Gasteiger partial charge in [0.25, 0.3) is 15.9 Å². The van der Waals surface area contributed by atoms with E-state index in [1.165, 1.54) is 24.4 Å². The van der Waals surface area contributed by atoms with Crippen molar-refractivity contribution in [3.05, 3.63) is 77.4 Å². The van der Waals surface area contributed by atoms with Crippen LogP contribution < -0.4 is 10.1 Å². The number of sulfonamides is 1. The molecule has 0 bridgehead atoms. The molecule has 0 saturated heterocycles. The molecular formula is C17H14N4O3S2. The van der Waals surface area contributed by atoms with Crippen LogP contribution >= 0.6 is 11.3 Å². The van der Waals surface area contributed by atoms with E-state index in [1.54, 1.807) is 48.0 Å². The van der Waals surface area contributed by atoms with Gasteiger partial charge in [0.15, 0.2) is 0 Å². The standard InChI is InChI=1S/C17H14N4O3S2/c22-17(20-19-12-13-6-3-4-10-18-13)14-7-1-2-8-15(14)21-26(23,24)16-9-5-11-25-16/h1-12,21H,(H,20,22)/b19-12-. The molecule has 0 fully saturated rings. The van der Waals surface area contributed by atoms with Gasteiger partial charge < -0.3 is 0 Å². The highest BCUT2D eigenvalue weighted by molar-refractivity contribution is 7.94. The first-order valence-electron chi connectivity index (χ1n) is 7.46. The second-order valence-corrected chi connectivity index (χ2v) is 7.89. The zero-order valence-electron chi connectivity index (χ0n) is 13.4. The highest BCUT2D eigenvalue weighted by atomic mass is 32.2. The predicted molar refractivity (Wildman–Crippen MR) is 101 cm³/mol. The molecule has 0 unspecified atom stereocenters. The van der Waals surface area contributed by atoms with Crippen LogP contribution in [0, 0.1) is 0 Å². The van der Waals surface area contributed by atoms with Crippen molar-refractivity contribution in [1.29, 1.82) is 0 Å². The normalized spacial score (nSPS) is 11.4. The molecule has 7 nitrogen and oxygen atoms in total. The van der Waals surface area contributed by atoms with Crippen LogP contribution in [0.2, 0.25) is 0 Å². The summed E-state index contributed by atoms with van der Waals surface area (Å²) in [5.41, 5.74) is 3.28. The van der Waals surface area contributed by atoms with Crippen LogP contribution in [0.5, 0.6) is 0 Å². The monoisotopic (exact) mass is 386 g/mol. The van der Waals surface area contributed by atoms with Gasteiger partial charge in [-0.25, -0.2) is 13.8 Å². The number of carbonyl (C=O) groups is 1. The van der Waals surface area contributed by atoms with Crippen LogP contribution in [-0.2, 0) is 10.0 Å². The summed E-state index contributed by atoms with van der Waals surface area (Å²) in [6, 6.07) is 14.7. The number of thiophene rings is 1. The molecular weight excluding hydrogens is 372 g/mol. The van der Waals surface area contributed by atoms with Gasteiger partial charge in [0.2, 0.25) is 0 Å². The van der Waals surface area contributed by atoms with Crippen molar-refractivity contribution in [2.24, 2.45) is 5.10 Å². The van der Waals surface area contributed by atoms with E-state index in [4.69, 9.17) is 0 Å². The first kappa shape index (κ1) is 17.8. The SMILES string of the molecule is O=C(N/N=C\c1ccccn1)c1ccccc1NS(=O)(=O)c1cccs1. The van der Waals surface area contributed by atoms with Gasteiger partial charge in [-0.15, -0.1) is 11.3 Å². The molecule has 0 atom stereocenters. The molecule has 3 rings (SSSR count). The number of hydrogen-bond donors (Lipinski definition) is 2. The lowest BCUT2D eigenvalue weighted by Gasteiger charge is -2.10. The van der Waals surface area contributed by atoms with E-state index in [1.807, 2.05) is 0 Å². The number of benzene rings is 1. The largest absolute Gasteiger partial charge is 0.278 e. The molecule has 26 heavy (non-hydrogen) atoms. The fraction of sp³-hybridized carbons (Fsp3) is 0. The highest BCUT2D eigenvalue weighted by Crippen LogP contribution is 2.22. The molecule has 0 aliphatic carbocycles. The Morgan fingerprint density at radius 3 is 2.62 bits per heavy atom. The van der Waals surface area contributed by atoms with Gasteiger partial charge >= 0.3 is 0 Å². The topological polar surface area (TPSA) is 101 Å². The lowest BCUT2D eigenvalue weighted by Crippen LogP contribution is -2.21. The van der Waals surface area contributed by atoms with E-state index in [9.17, 15) is 13.2 Å². The van der Waals surface area contributed by atoms with E-state index in [0.717, 1.165) is 11.3 Å². The second kappa shape index (κ2) is 7.89. The quantitative estimate of drug-likeness (QED) is 0.502. The van der Waals surface area contributed by atoms with Crippen molar-refractivity contribution in [3.8, 4) is 0 Å². The van der Waals surface area contributed by atoms with Crippen LogP contribution in [0.25, 0.3) is 0 Å². The van der Waals surface area contributed by atoms with Gasteiger partial charge in [-0.1, -0.05) is 24.3 Å². The Balaban J connectivity index is 1.76. The Kier molecular flexibility index (Phi) is 5.40. The number of aromatic nitrogens is 1. The van der Waals surface area contributed by atoms with E-state index >= 15 is 0 Å². The number of nitrogens with one attached hydrogen (secondary N) is 2. The first-order valence-corrected chi connectivity index (χ1v) is 9.82. The first-order chi connectivity index (χ1) is 12.6. The Morgan fingerprint density at radius 2 is 1.88 bits per heavy atom. The smallest absolute Gasteiger partial charge is 0.273 e. The van der Waals surface area contributed by atoms with E-state index < -0.39 is 15.9 Å². The Morgan fingerprint density at radius 1 is 1.08 bits per heavy atom. The summed E-state index contributed by atoms with van der Waals surface area (Å²) in [5.74, 6) is -0.540. The third-order valence-corrected chi connectivity index (χ3v) is 5.99. The molecule has 0 saturated carbocycles. The van der Waals surface area contributed by atoms with Gasteiger partial charge in [0, 0.05) is 6.20 Å². The molecule has 1 aromatic carbocycles. The van der Waals surface area contributed by atoms with Crippen LogP contribution in [-0.4, -0.2) is 25.5 Å². The summed E-state index contributed by atoms with van der Waals surface area (Å²) in [6.07, 6.45) is 3.01. The highest BCUT2D eigenvalue weighted by Gasteiger charge is 2.19. The lowest BCUT2D eigenvalue weighted by atomic mass is 10.2. The summed E-state index contributed by atoms with van der Waals surface area (Å²) in [5, 5.41) is 5.51. The Labute approximate surface area is 154 Å². The maximum Gasteiger partial charge on any atom is 0.273 e. The van der Waals surface area contributed by atoms with Crippen LogP contribution in [0.4, 0.5) is 5.69 Å². The number of hydrogen-bond acceptors (Lipinski definition) is 6. The van der Waals surface area contributed by atoms with Crippen LogP contribution in [0.3, 0.4) is 0 Å². The Bertz CT molecular complexity index is 1020. The van der Waals surface area contributed by atoms with Gasteiger partial charge in [-0.05, 0) is 35.7 Å². The van der Waals surface area contributed by atoms with Gasteiger partial charge in [-0.2, -0.15) is 5.10 Å². The van der Waals surface area contributed by atoms with Crippen LogP contribution in [0.1, 0.15) is 16.1 Å². The predicted octanol–water partition coefficient (Wildman–Crippen LogP) is 2.71. The van der Waals surface area contributed by atoms with Crippen molar-refractivity contribution in [1.82, 2.24) is 10.4 Å². The summed E-state index contributed by atoms with van der Waals surface area (Å²) >= 11 is 1.09. The summed E-state index contributed by atoms with van der Waals surface area (Å²) in [4.78, 5) is 16.4. The summed E-state index contributed by atoms with van der Waals surface area (Å²) in [7, 11) is -3.75. The number of hydrazone groups is 1. The minimum absolute atomic E-state index is 0.158. The number of anilines is 1. The molecule has 132 valence electrons. The molecule has 0 radical (unpaired) electrons. The number of amides is 1. The third kappa shape index (κ3) is 4.32. The molecule has 2 N–H and O–H groups in total. The summed E-state index contributed by atoms with van der Waals surface area (Å²) in [6.45, 7) is 0. The van der Waals surface area contributed by atoms with Crippen molar-refractivity contribution >= 4 is 39.2 Å².